The van der Waals surface area contributed by atoms with Crippen molar-refractivity contribution in [2.24, 2.45) is 0 Å². The van der Waals surface area contributed by atoms with Crippen LogP contribution in [0.25, 0.3) is 0 Å². The van der Waals surface area contributed by atoms with Crippen LogP contribution in [0.1, 0.15) is 29.3 Å². The highest BCUT2D eigenvalue weighted by Crippen LogP contribution is 2.34. The number of anilines is 1. The van der Waals surface area contributed by atoms with Crippen molar-refractivity contribution in [3.63, 3.8) is 0 Å². The first-order valence-corrected chi connectivity index (χ1v) is 8.79. The second kappa shape index (κ2) is 9.48. The summed E-state index contributed by atoms with van der Waals surface area (Å²) in [5.74, 6) is -4.57. The molecule has 0 bridgehead atoms. The van der Waals surface area contributed by atoms with Crippen LogP contribution in [0.2, 0.25) is 10.3 Å². The summed E-state index contributed by atoms with van der Waals surface area (Å²) in [6, 6.07) is 8.40. The van der Waals surface area contributed by atoms with Gasteiger partial charge in [-0.2, -0.15) is 0 Å². The largest absolute Gasteiger partial charge is 0.478 e. The lowest BCUT2D eigenvalue weighted by Gasteiger charge is -2.25. The molecule has 1 N–H and O–H groups in total. The molecule has 0 saturated carbocycles. The molecule has 2 aromatic rings. The van der Waals surface area contributed by atoms with Gasteiger partial charge < -0.3 is 14.7 Å². The third-order valence-electron chi connectivity index (χ3n) is 3.60. The molecule has 0 atom stereocenters. The Morgan fingerprint density at radius 2 is 1.82 bits per heavy atom. The van der Waals surface area contributed by atoms with Crippen LogP contribution in [0.3, 0.4) is 0 Å². The van der Waals surface area contributed by atoms with Crippen LogP contribution >= 0.6 is 23.2 Å². The number of ether oxygens (including phenoxy) is 1. The molecule has 0 unspecified atom stereocenters. The number of rotatable bonds is 7. The van der Waals surface area contributed by atoms with E-state index in [2.05, 4.69) is 4.98 Å². The minimum Gasteiger partial charge on any atom is -0.478 e. The van der Waals surface area contributed by atoms with E-state index in [9.17, 15) is 23.9 Å². The van der Waals surface area contributed by atoms with Gasteiger partial charge in [-0.25, -0.2) is 14.2 Å². The predicted octanol–water partition coefficient (Wildman–Crippen LogP) is 3.71. The average molecular weight is 429 g/mol. The molecule has 0 aliphatic carbocycles. The summed E-state index contributed by atoms with van der Waals surface area (Å²) in [6.45, 7) is 1.38. The van der Waals surface area contributed by atoms with Crippen LogP contribution in [0.4, 0.5) is 10.1 Å². The SMILES string of the molecule is CCOC(=O)CC(=O)N(Cc1ccccc1)c1c(F)c(Cl)nc(Cl)c1C(=O)O. The van der Waals surface area contributed by atoms with Crippen LogP contribution in [0, 0.1) is 5.82 Å². The number of benzene rings is 1. The van der Waals surface area contributed by atoms with E-state index in [0.717, 1.165) is 4.90 Å². The molecule has 148 valence electrons. The molecule has 1 aromatic heterocycles. The highest BCUT2D eigenvalue weighted by Gasteiger charge is 2.31. The fraction of sp³-hybridized carbons (Fsp3) is 0.222. The molecular formula is C18H15Cl2FN2O5. The molecule has 0 aliphatic rings. The molecular weight excluding hydrogens is 414 g/mol. The van der Waals surface area contributed by atoms with Crippen molar-refractivity contribution < 1.29 is 28.6 Å². The van der Waals surface area contributed by atoms with Gasteiger partial charge in [-0.15, -0.1) is 0 Å². The predicted molar refractivity (Wildman–Crippen MR) is 100 cm³/mol. The number of carbonyl (C=O) groups is 3. The Bertz CT molecular complexity index is 909. The summed E-state index contributed by atoms with van der Waals surface area (Å²) < 4.78 is 19.5. The number of nitrogens with zero attached hydrogens (tertiary/aromatic N) is 2. The molecule has 2 rings (SSSR count). The number of hydrogen-bond acceptors (Lipinski definition) is 5. The standard InChI is InChI=1S/C18H15Cl2FN2O5/c1-2-28-12(25)8-11(24)23(9-10-6-4-3-5-7-10)15-13(18(26)27)16(19)22-17(20)14(15)21/h3-7H,2,8-9H2,1H3,(H,26,27). The van der Waals surface area contributed by atoms with Gasteiger partial charge in [0.05, 0.1) is 13.2 Å². The zero-order valence-corrected chi connectivity index (χ0v) is 16.1. The molecule has 1 heterocycles. The number of amides is 1. The van der Waals surface area contributed by atoms with E-state index in [1.54, 1.807) is 37.3 Å². The highest BCUT2D eigenvalue weighted by molar-refractivity contribution is 6.35. The third kappa shape index (κ3) is 4.96. The van der Waals surface area contributed by atoms with E-state index >= 15 is 0 Å². The van der Waals surface area contributed by atoms with Crippen molar-refractivity contribution in [1.29, 1.82) is 0 Å². The summed E-state index contributed by atoms with van der Waals surface area (Å²) in [5, 5.41) is 8.17. The van der Waals surface area contributed by atoms with E-state index in [0.29, 0.717) is 5.56 Å². The Morgan fingerprint density at radius 3 is 2.39 bits per heavy atom. The van der Waals surface area contributed by atoms with Crippen LogP contribution in [0.15, 0.2) is 30.3 Å². The van der Waals surface area contributed by atoms with Gasteiger partial charge in [0.15, 0.2) is 11.0 Å². The maximum Gasteiger partial charge on any atom is 0.341 e. The van der Waals surface area contributed by atoms with Crippen molar-refractivity contribution in [2.75, 3.05) is 11.5 Å². The van der Waals surface area contributed by atoms with Crippen molar-refractivity contribution >= 4 is 46.7 Å². The fourth-order valence-electron chi connectivity index (χ4n) is 2.43. The lowest BCUT2D eigenvalue weighted by molar-refractivity contribution is -0.145. The molecule has 0 saturated heterocycles. The first-order chi connectivity index (χ1) is 13.3. The van der Waals surface area contributed by atoms with Crippen molar-refractivity contribution in [2.45, 2.75) is 19.9 Å². The average Bonchev–Trinajstić information content (AvgIpc) is 2.63. The van der Waals surface area contributed by atoms with Gasteiger partial charge in [-0.1, -0.05) is 53.5 Å². The first kappa shape index (κ1) is 21.6. The maximum absolute atomic E-state index is 14.8. The number of esters is 1. The molecule has 0 fully saturated rings. The molecule has 0 spiro atoms. The lowest BCUT2D eigenvalue weighted by atomic mass is 10.1. The van der Waals surface area contributed by atoms with Crippen LogP contribution in [-0.4, -0.2) is 34.5 Å². The minimum absolute atomic E-state index is 0.0481. The summed E-state index contributed by atoms with van der Waals surface area (Å²) in [7, 11) is 0. The zero-order valence-electron chi connectivity index (χ0n) is 14.6. The smallest absolute Gasteiger partial charge is 0.341 e. The van der Waals surface area contributed by atoms with Crippen molar-refractivity contribution in [3.05, 3.63) is 57.6 Å². The summed E-state index contributed by atoms with van der Waals surface area (Å²) >= 11 is 11.5. The van der Waals surface area contributed by atoms with E-state index in [-0.39, 0.29) is 13.2 Å². The number of aromatic carboxylic acids is 1. The Kier molecular flexibility index (Phi) is 7.31. The van der Waals surface area contributed by atoms with Gasteiger partial charge >= 0.3 is 11.9 Å². The minimum atomic E-state index is -1.61. The second-order valence-corrected chi connectivity index (χ2v) is 6.20. The first-order valence-electron chi connectivity index (χ1n) is 8.03. The number of halogens is 3. The number of hydrogen-bond donors (Lipinski definition) is 1. The number of carbonyl (C=O) groups excluding carboxylic acids is 2. The van der Waals surface area contributed by atoms with Gasteiger partial charge in [0, 0.05) is 0 Å². The Morgan fingerprint density at radius 1 is 1.18 bits per heavy atom. The molecule has 1 aromatic carbocycles. The molecule has 0 aliphatic heterocycles. The van der Waals surface area contributed by atoms with Crippen LogP contribution < -0.4 is 4.90 Å². The molecule has 10 heteroatoms. The maximum atomic E-state index is 14.8. The Labute approximate surface area is 169 Å². The van der Waals surface area contributed by atoms with E-state index in [1.807, 2.05) is 0 Å². The third-order valence-corrected chi connectivity index (χ3v) is 4.12. The lowest BCUT2D eigenvalue weighted by Crippen LogP contribution is -2.34. The molecule has 28 heavy (non-hydrogen) atoms. The topological polar surface area (TPSA) is 96.8 Å². The molecule has 1 amide bonds. The Balaban J connectivity index is 2.60. The van der Waals surface area contributed by atoms with Crippen molar-refractivity contribution in [1.82, 2.24) is 4.98 Å². The quantitative estimate of drug-likeness (QED) is 0.410. The van der Waals surface area contributed by atoms with E-state index in [1.165, 1.54) is 0 Å². The van der Waals surface area contributed by atoms with E-state index in [4.69, 9.17) is 27.9 Å². The fourth-order valence-corrected chi connectivity index (χ4v) is 2.90. The van der Waals surface area contributed by atoms with Gasteiger partial charge in [0.2, 0.25) is 5.91 Å². The summed E-state index contributed by atoms with van der Waals surface area (Å²) in [6.07, 6.45) is -0.725. The monoisotopic (exact) mass is 428 g/mol. The summed E-state index contributed by atoms with van der Waals surface area (Å²) in [5.41, 5.74) is -0.855. The number of carboxylic acids is 1. The van der Waals surface area contributed by atoms with Gasteiger partial charge in [-0.3, -0.25) is 9.59 Å². The van der Waals surface area contributed by atoms with E-state index < -0.39 is 51.6 Å². The van der Waals surface area contributed by atoms with Gasteiger partial charge in [-0.05, 0) is 12.5 Å². The highest BCUT2D eigenvalue weighted by atomic mass is 35.5. The number of carboxylic acid groups (broad SMARTS) is 1. The molecule has 7 nitrogen and oxygen atoms in total. The van der Waals surface area contributed by atoms with Crippen LogP contribution in [-0.2, 0) is 20.9 Å². The van der Waals surface area contributed by atoms with Crippen LogP contribution in [0.5, 0.6) is 0 Å². The number of aromatic nitrogens is 1. The van der Waals surface area contributed by atoms with Gasteiger partial charge in [0.25, 0.3) is 0 Å². The normalized spacial score (nSPS) is 10.4. The Hall–Kier alpha value is -2.71. The number of pyridine rings is 1. The molecule has 0 radical (unpaired) electrons. The van der Waals surface area contributed by atoms with Gasteiger partial charge in [0.1, 0.15) is 22.8 Å². The summed E-state index contributed by atoms with van der Waals surface area (Å²) in [4.78, 5) is 40.4. The zero-order chi connectivity index (χ0) is 20.8. The second-order valence-electron chi connectivity index (χ2n) is 5.48. The van der Waals surface area contributed by atoms with Crippen molar-refractivity contribution in [3.8, 4) is 0 Å².